The van der Waals surface area contributed by atoms with E-state index in [-0.39, 0.29) is 18.0 Å². The third-order valence-corrected chi connectivity index (χ3v) is 4.11. The molecule has 22 heavy (non-hydrogen) atoms. The SMILES string of the molecule is CC(C(=O)Nc1ccnn1C(C)C)N1CCn2ccnc2C1. The number of aromatic nitrogens is 4. The molecule has 1 aliphatic rings. The highest BCUT2D eigenvalue weighted by atomic mass is 16.2. The maximum Gasteiger partial charge on any atom is 0.242 e. The van der Waals surface area contributed by atoms with Gasteiger partial charge in [-0.2, -0.15) is 5.10 Å². The first-order valence-electron chi connectivity index (χ1n) is 7.64. The number of fused-ring (bicyclic) bond motifs is 1. The molecule has 0 aliphatic carbocycles. The normalized spacial score (nSPS) is 16.5. The smallest absolute Gasteiger partial charge is 0.242 e. The summed E-state index contributed by atoms with van der Waals surface area (Å²) >= 11 is 0. The van der Waals surface area contributed by atoms with Crippen molar-refractivity contribution in [2.45, 2.75) is 45.9 Å². The Kier molecular flexibility index (Phi) is 3.98. The molecule has 2 aromatic heterocycles. The van der Waals surface area contributed by atoms with Crippen molar-refractivity contribution in [3.8, 4) is 0 Å². The van der Waals surface area contributed by atoms with Gasteiger partial charge in [-0.05, 0) is 20.8 Å². The molecular formula is C15H22N6O. The zero-order valence-corrected chi connectivity index (χ0v) is 13.2. The lowest BCUT2D eigenvalue weighted by molar-refractivity contribution is -0.121. The van der Waals surface area contributed by atoms with E-state index in [0.717, 1.165) is 24.7 Å². The van der Waals surface area contributed by atoms with Crippen molar-refractivity contribution in [3.63, 3.8) is 0 Å². The predicted octanol–water partition coefficient (Wildman–Crippen LogP) is 1.50. The van der Waals surface area contributed by atoms with E-state index in [2.05, 4.69) is 24.9 Å². The standard InChI is InChI=1S/C15H22N6O/c1-11(2)21-13(4-5-17-21)18-15(22)12(3)20-9-8-19-7-6-16-14(19)10-20/h4-7,11-12H,8-10H2,1-3H3,(H,18,22). The molecule has 1 aliphatic heterocycles. The van der Waals surface area contributed by atoms with Crippen LogP contribution in [0.2, 0.25) is 0 Å². The number of hydrogen-bond acceptors (Lipinski definition) is 4. The quantitative estimate of drug-likeness (QED) is 0.929. The van der Waals surface area contributed by atoms with Gasteiger partial charge in [-0.15, -0.1) is 0 Å². The van der Waals surface area contributed by atoms with Crippen LogP contribution in [-0.4, -0.2) is 42.7 Å². The molecule has 7 heteroatoms. The van der Waals surface area contributed by atoms with Crippen molar-refractivity contribution >= 4 is 11.7 Å². The zero-order chi connectivity index (χ0) is 15.7. The third-order valence-electron chi connectivity index (χ3n) is 4.11. The van der Waals surface area contributed by atoms with Gasteiger partial charge in [0.25, 0.3) is 0 Å². The molecule has 118 valence electrons. The molecule has 2 aromatic rings. The molecule has 1 atom stereocenters. The van der Waals surface area contributed by atoms with Crippen molar-refractivity contribution in [2.75, 3.05) is 11.9 Å². The molecule has 0 radical (unpaired) electrons. The van der Waals surface area contributed by atoms with Crippen molar-refractivity contribution in [3.05, 3.63) is 30.5 Å². The van der Waals surface area contributed by atoms with Crippen LogP contribution in [0.25, 0.3) is 0 Å². The molecule has 0 fully saturated rings. The van der Waals surface area contributed by atoms with Crippen molar-refractivity contribution < 1.29 is 4.79 Å². The predicted molar refractivity (Wildman–Crippen MR) is 83.3 cm³/mol. The first-order valence-corrected chi connectivity index (χ1v) is 7.64. The second kappa shape index (κ2) is 5.92. The van der Waals surface area contributed by atoms with Crippen LogP contribution in [0.1, 0.15) is 32.6 Å². The Morgan fingerprint density at radius 1 is 1.27 bits per heavy atom. The number of anilines is 1. The van der Waals surface area contributed by atoms with Gasteiger partial charge in [-0.3, -0.25) is 9.69 Å². The van der Waals surface area contributed by atoms with Crippen LogP contribution in [0.3, 0.4) is 0 Å². The Hall–Kier alpha value is -2.15. The fourth-order valence-electron chi connectivity index (χ4n) is 2.74. The monoisotopic (exact) mass is 302 g/mol. The number of rotatable bonds is 4. The van der Waals surface area contributed by atoms with E-state index in [0.29, 0.717) is 6.54 Å². The lowest BCUT2D eigenvalue weighted by Crippen LogP contribution is -2.46. The molecule has 1 unspecified atom stereocenters. The van der Waals surface area contributed by atoms with Gasteiger partial charge in [-0.1, -0.05) is 0 Å². The first-order chi connectivity index (χ1) is 10.6. The molecule has 0 spiro atoms. The number of imidazole rings is 1. The van der Waals surface area contributed by atoms with Gasteiger partial charge in [0.2, 0.25) is 5.91 Å². The van der Waals surface area contributed by atoms with Crippen LogP contribution in [-0.2, 0) is 17.9 Å². The summed E-state index contributed by atoms with van der Waals surface area (Å²) in [5, 5.41) is 7.22. The highest BCUT2D eigenvalue weighted by Gasteiger charge is 2.26. The van der Waals surface area contributed by atoms with E-state index in [9.17, 15) is 4.79 Å². The Labute approximate surface area is 129 Å². The molecule has 1 amide bonds. The van der Waals surface area contributed by atoms with E-state index < -0.39 is 0 Å². The molecule has 1 N–H and O–H groups in total. The second-order valence-corrected chi connectivity index (χ2v) is 5.93. The van der Waals surface area contributed by atoms with Crippen LogP contribution in [0.4, 0.5) is 5.82 Å². The summed E-state index contributed by atoms with van der Waals surface area (Å²) in [5.74, 6) is 1.74. The van der Waals surface area contributed by atoms with Crippen LogP contribution < -0.4 is 5.32 Å². The highest BCUT2D eigenvalue weighted by Crippen LogP contribution is 2.16. The van der Waals surface area contributed by atoms with E-state index in [1.165, 1.54) is 0 Å². The van der Waals surface area contributed by atoms with E-state index in [4.69, 9.17) is 0 Å². The van der Waals surface area contributed by atoms with Gasteiger partial charge in [0.15, 0.2) is 0 Å². The number of nitrogens with one attached hydrogen (secondary N) is 1. The average Bonchev–Trinajstić information content (AvgIpc) is 3.13. The minimum atomic E-state index is -0.207. The van der Waals surface area contributed by atoms with Gasteiger partial charge in [0.1, 0.15) is 11.6 Å². The molecular weight excluding hydrogens is 280 g/mol. The molecule has 0 aromatic carbocycles. The summed E-state index contributed by atoms with van der Waals surface area (Å²) in [4.78, 5) is 19.0. The highest BCUT2D eigenvalue weighted by molar-refractivity contribution is 5.93. The van der Waals surface area contributed by atoms with E-state index in [1.54, 1.807) is 6.20 Å². The Bertz CT molecular complexity index is 659. The maximum absolute atomic E-state index is 12.5. The van der Waals surface area contributed by atoms with Gasteiger partial charge >= 0.3 is 0 Å². The fraction of sp³-hybridized carbons (Fsp3) is 0.533. The Morgan fingerprint density at radius 2 is 2.09 bits per heavy atom. The van der Waals surface area contributed by atoms with Crippen LogP contribution in [0.15, 0.2) is 24.7 Å². The lowest BCUT2D eigenvalue weighted by Gasteiger charge is -2.31. The topological polar surface area (TPSA) is 68.0 Å². The lowest BCUT2D eigenvalue weighted by atomic mass is 10.2. The largest absolute Gasteiger partial charge is 0.333 e. The van der Waals surface area contributed by atoms with Crippen molar-refractivity contribution in [1.82, 2.24) is 24.2 Å². The summed E-state index contributed by atoms with van der Waals surface area (Å²) in [6, 6.07) is 1.83. The number of nitrogens with zero attached hydrogens (tertiary/aromatic N) is 5. The maximum atomic E-state index is 12.5. The number of carbonyl (C=O) groups excluding carboxylic acids is 1. The molecule has 3 heterocycles. The number of carbonyl (C=O) groups is 1. The number of amides is 1. The molecule has 0 saturated heterocycles. The summed E-state index contributed by atoms with van der Waals surface area (Å²) < 4.78 is 3.95. The van der Waals surface area contributed by atoms with Crippen LogP contribution >= 0.6 is 0 Å². The van der Waals surface area contributed by atoms with Crippen molar-refractivity contribution in [2.24, 2.45) is 0 Å². The first kappa shape index (κ1) is 14.8. The van der Waals surface area contributed by atoms with E-state index in [1.807, 2.05) is 43.9 Å². The van der Waals surface area contributed by atoms with Gasteiger partial charge < -0.3 is 9.88 Å². The third kappa shape index (κ3) is 2.76. The summed E-state index contributed by atoms with van der Waals surface area (Å²) in [6.07, 6.45) is 5.50. The summed E-state index contributed by atoms with van der Waals surface area (Å²) in [7, 11) is 0. The van der Waals surface area contributed by atoms with Crippen LogP contribution in [0, 0.1) is 0 Å². The van der Waals surface area contributed by atoms with E-state index >= 15 is 0 Å². The molecule has 0 saturated carbocycles. The van der Waals surface area contributed by atoms with Gasteiger partial charge in [0, 0.05) is 37.6 Å². The Morgan fingerprint density at radius 3 is 2.86 bits per heavy atom. The minimum absolute atomic E-state index is 0.0117. The number of hydrogen-bond donors (Lipinski definition) is 1. The van der Waals surface area contributed by atoms with Gasteiger partial charge in [0.05, 0.1) is 18.8 Å². The summed E-state index contributed by atoms with van der Waals surface area (Å²) in [5.41, 5.74) is 0. The second-order valence-electron chi connectivity index (χ2n) is 5.93. The fourth-order valence-corrected chi connectivity index (χ4v) is 2.74. The Balaban J connectivity index is 1.66. The molecule has 3 rings (SSSR count). The molecule has 7 nitrogen and oxygen atoms in total. The zero-order valence-electron chi connectivity index (χ0n) is 13.2. The summed E-state index contributed by atoms with van der Waals surface area (Å²) in [6.45, 7) is 8.43. The molecule has 0 bridgehead atoms. The van der Waals surface area contributed by atoms with Gasteiger partial charge in [-0.25, -0.2) is 9.67 Å². The minimum Gasteiger partial charge on any atom is -0.333 e. The van der Waals surface area contributed by atoms with Crippen LogP contribution in [0.5, 0.6) is 0 Å². The average molecular weight is 302 g/mol. The van der Waals surface area contributed by atoms with Crippen molar-refractivity contribution in [1.29, 1.82) is 0 Å².